The Bertz CT molecular complexity index is 1690. The molecule has 18 heteroatoms. The third kappa shape index (κ3) is 6.06. The molecule has 0 saturated carbocycles. The van der Waals surface area contributed by atoms with E-state index in [0.717, 1.165) is 22.3 Å². The van der Waals surface area contributed by atoms with Crippen LogP contribution in [0.4, 0.5) is 5.13 Å². The van der Waals surface area contributed by atoms with Gasteiger partial charge in [0.1, 0.15) is 35.7 Å². The van der Waals surface area contributed by atoms with Crippen LogP contribution in [0.5, 0.6) is 11.5 Å². The zero-order chi connectivity index (χ0) is 28.7. The monoisotopic (exact) mass is 643 g/mol. The molecular weight excluding hydrogens is 626 g/mol. The number of amides is 2. The molecule has 0 spiro atoms. The SMILES string of the molecule is CO/N=C(/C(=O)N[C@@H]1C(=O)N2C(C(=O)O)=C(CSc3cc(=O)c4cc([O-])c(O)cc4s3)CS[C@H]12)c1csc(N)n1.[Na+]. The fourth-order valence-electron chi connectivity index (χ4n) is 4.07. The van der Waals surface area contributed by atoms with Gasteiger partial charge in [0.25, 0.3) is 11.8 Å². The maximum Gasteiger partial charge on any atom is 1.00 e. The molecule has 2 aliphatic heterocycles. The van der Waals surface area contributed by atoms with Crippen LogP contribution >= 0.6 is 46.2 Å². The van der Waals surface area contributed by atoms with Crippen LogP contribution in [0.1, 0.15) is 5.69 Å². The van der Waals surface area contributed by atoms with Gasteiger partial charge >= 0.3 is 35.5 Å². The fraction of sp³-hybridized carbons (Fsp3) is 0.217. The number of carboxylic acids is 1. The Labute approximate surface area is 269 Å². The van der Waals surface area contributed by atoms with Crippen molar-refractivity contribution in [1.29, 1.82) is 0 Å². The van der Waals surface area contributed by atoms with Crippen molar-refractivity contribution in [1.82, 2.24) is 15.2 Å². The summed E-state index contributed by atoms with van der Waals surface area (Å²) >= 11 is 4.77. The number of rotatable bonds is 8. The number of phenolic OH excluding ortho intramolecular Hbond substituents is 1. The zero-order valence-corrected chi connectivity index (χ0v) is 26.5. The Hall–Kier alpha value is -2.80. The molecule has 208 valence electrons. The molecule has 1 saturated heterocycles. The average Bonchev–Trinajstić information content (AvgIpc) is 3.35. The maximum atomic E-state index is 13.0. The van der Waals surface area contributed by atoms with Gasteiger partial charge in [-0.15, -0.1) is 46.2 Å². The number of nitrogens with two attached hydrogens (primary N) is 1. The first kappa shape index (κ1) is 31.1. The third-order valence-electron chi connectivity index (χ3n) is 5.87. The van der Waals surface area contributed by atoms with Crippen molar-refractivity contribution in [3.8, 4) is 11.5 Å². The Morgan fingerprint density at radius 1 is 1.34 bits per heavy atom. The standard InChI is InChI=1S/C23H19N5O8S4.Na/c1-36-27-16(10-7-39-23(24)25-10)19(32)26-17-20(33)28-18(22(34)35)8(6-38-21(17)28)5-37-15-4-11(29)9-2-12(30)13(31)3-14(9)40-15;/h2-4,7,17,21,30-31H,5-6H2,1H3,(H2,24,25)(H,26,32)(H,34,35);/q;+1/p-1/b27-16+;/t17-,21-;/m1./s1. The van der Waals surface area contributed by atoms with Gasteiger partial charge in [0.05, 0.1) is 4.21 Å². The van der Waals surface area contributed by atoms with E-state index in [-0.39, 0.29) is 68.7 Å². The van der Waals surface area contributed by atoms with Gasteiger partial charge in [-0.25, -0.2) is 9.78 Å². The van der Waals surface area contributed by atoms with Crippen molar-refractivity contribution in [3.63, 3.8) is 0 Å². The minimum absolute atomic E-state index is 0. The first-order chi connectivity index (χ1) is 19.1. The molecule has 41 heavy (non-hydrogen) atoms. The van der Waals surface area contributed by atoms with E-state index in [4.69, 9.17) is 10.6 Å². The summed E-state index contributed by atoms with van der Waals surface area (Å²) in [6, 6.07) is 2.67. The molecular formula is C23H18N5NaO8S4. The van der Waals surface area contributed by atoms with E-state index in [2.05, 4.69) is 15.5 Å². The van der Waals surface area contributed by atoms with Gasteiger partial charge in [-0.2, -0.15) is 0 Å². The Balaban J connectivity index is 0.00000387. The van der Waals surface area contributed by atoms with Gasteiger partial charge in [0.2, 0.25) is 0 Å². The second kappa shape index (κ2) is 12.6. The van der Waals surface area contributed by atoms with Gasteiger partial charge in [-0.05, 0) is 11.6 Å². The van der Waals surface area contributed by atoms with Crippen molar-refractivity contribution in [2.75, 3.05) is 24.3 Å². The number of carboxylic acid groups (broad SMARTS) is 1. The number of carbonyl (C=O) groups is 3. The van der Waals surface area contributed by atoms with Gasteiger partial charge in [0, 0.05) is 33.0 Å². The number of hydrogen-bond donors (Lipinski definition) is 4. The number of thioether (sulfide) groups is 2. The summed E-state index contributed by atoms with van der Waals surface area (Å²) in [5.41, 5.74) is 5.53. The van der Waals surface area contributed by atoms with E-state index >= 15 is 0 Å². The van der Waals surface area contributed by atoms with Gasteiger partial charge in [-0.3, -0.25) is 19.3 Å². The Kier molecular flexibility index (Phi) is 9.57. The minimum Gasteiger partial charge on any atom is -0.870 e. The predicted octanol–water partition coefficient (Wildman–Crippen LogP) is -2.04. The molecule has 2 aliphatic rings. The molecule has 5 N–H and O–H groups in total. The van der Waals surface area contributed by atoms with Gasteiger partial charge < -0.3 is 31.2 Å². The molecule has 13 nitrogen and oxygen atoms in total. The molecule has 0 bridgehead atoms. The van der Waals surface area contributed by atoms with E-state index in [0.29, 0.717) is 14.5 Å². The van der Waals surface area contributed by atoms with Crippen molar-refractivity contribution in [2.45, 2.75) is 15.6 Å². The Morgan fingerprint density at radius 2 is 2.10 bits per heavy atom. The first-order valence-electron chi connectivity index (χ1n) is 11.2. The summed E-state index contributed by atoms with van der Waals surface area (Å²) in [4.78, 5) is 60.5. The number of nitrogens with zero attached hydrogens (tertiary/aromatic N) is 3. The Morgan fingerprint density at radius 3 is 2.76 bits per heavy atom. The summed E-state index contributed by atoms with van der Waals surface area (Å²) in [5, 5.41) is 38.9. The van der Waals surface area contributed by atoms with E-state index < -0.39 is 46.1 Å². The number of nitrogen functional groups attached to an aromatic ring is 1. The van der Waals surface area contributed by atoms with Crippen LogP contribution in [0.15, 0.2) is 49.0 Å². The van der Waals surface area contributed by atoms with Gasteiger partial charge in [-0.1, -0.05) is 17.0 Å². The first-order valence-corrected chi connectivity index (χ1v) is 15.0. The number of thiazole rings is 1. The van der Waals surface area contributed by atoms with Crippen LogP contribution in [0.3, 0.4) is 0 Å². The van der Waals surface area contributed by atoms with Crippen molar-refractivity contribution in [3.05, 3.63) is 50.8 Å². The smallest absolute Gasteiger partial charge is 0.870 e. The van der Waals surface area contributed by atoms with Crippen LogP contribution in [-0.4, -0.2) is 73.6 Å². The molecule has 0 radical (unpaired) electrons. The number of nitrogens with one attached hydrogen (secondary N) is 1. The molecule has 2 amide bonds. The average molecular weight is 644 g/mol. The number of aromatic hydroxyl groups is 1. The van der Waals surface area contributed by atoms with Crippen molar-refractivity contribution < 1.29 is 64.1 Å². The van der Waals surface area contributed by atoms with Crippen LogP contribution < -0.4 is 51.1 Å². The molecule has 2 atom stereocenters. The quantitative estimate of drug-likeness (QED) is 0.0689. The molecule has 4 heterocycles. The molecule has 3 aromatic rings. The molecule has 1 aromatic carbocycles. The van der Waals surface area contributed by atoms with Crippen LogP contribution in [0.25, 0.3) is 10.1 Å². The van der Waals surface area contributed by atoms with E-state index in [9.17, 15) is 34.5 Å². The van der Waals surface area contributed by atoms with Crippen LogP contribution in [0, 0.1) is 0 Å². The topological polar surface area (TPSA) is 208 Å². The van der Waals surface area contributed by atoms with Crippen LogP contribution in [-0.2, 0) is 19.2 Å². The number of benzene rings is 1. The summed E-state index contributed by atoms with van der Waals surface area (Å²) in [5.74, 6) is -3.30. The molecule has 0 aliphatic carbocycles. The summed E-state index contributed by atoms with van der Waals surface area (Å²) in [6.07, 6.45) is 0. The largest absolute Gasteiger partial charge is 1.00 e. The number of β-lactam (4-membered cyclic amide) rings is 1. The summed E-state index contributed by atoms with van der Waals surface area (Å²) in [7, 11) is 1.25. The van der Waals surface area contributed by atoms with Crippen LogP contribution in [0.2, 0.25) is 0 Å². The predicted molar refractivity (Wildman–Crippen MR) is 150 cm³/mol. The number of phenols is 1. The minimum atomic E-state index is -1.29. The number of carbonyl (C=O) groups excluding carboxylic acids is 2. The van der Waals surface area contributed by atoms with E-state index in [1.807, 2.05) is 0 Å². The summed E-state index contributed by atoms with van der Waals surface area (Å²) < 4.78 is 0.971. The molecule has 5 rings (SSSR count). The van der Waals surface area contributed by atoms with E-state index in [1.165, 1.54) is 59.5 Å². The molecule has 1 fully saturated rings. The van der Waals surface area contributed by atoms with Crippen molar-refractivity contribution in [2.24, 2.45) is 5.16 Å². The second-order valence-electron chi connectivity index (χ2n) is 8.35. The fourth-order valence-corrected chi connectivity index (χ4v) is 8.35. The molecule has 2 aromatic heterocycles. The maximum absolute atomic E-state index is 13.0. The molecule has 0 unspecified atom stereocenters. The van der Waals surface area contributed by atoms with Gasteiger partial charge in [0.15, 0.2) is 16.3 Å². The van der Waals surface area contributed by atoms with Crippen molar-refractivity contribution >= 4 is 84.9 Å². The number of anilines is 1. The number of aliphatic carboxylic acids is 1. The van der Waals surface area contributed by atoms with E-state index in [1.54, 1.807) is 0 Å². The number of fused-ring (bicyclic) bond motifs is 2. The normalized spacial score (nSPS) is 18.4. The summed E-state index contributed by atoms with van der Waals surface area (Å²) in [6.45, 7) is 0. The number of aromatic nitrogens is 1. The third-order valence-corrected chi connectivity index (χ3v) is 10.3. The second-order valence-corrected chi connectivity index (χ2v) is 12.7. The zero-order valence-electron chi connectivity index (χ0n) is 21.3. The number of hydrogen-bond acceptors (Lipinski definition) is 14. The number of oxime groups is 1.